The molecule has 0 aliphatic heterocycles. The molecule has 2 aromatic rings. The first-order valence-corrected chi connectivity index (χ1v) is 5.23. The van der Waals surface area contributed by atoms with E-state index in [-0.39, 0.29) is 31.2 Å². The van der Waals surface area contributed by atoms with Gasteiger partial charge in [0.15, 0.2) is 17.5 Å². The van der Waals surface area contributed by atoms with Crippen LogP contribution in [-0.2, 0) is 11.5 Å². The summed E-state index contributed by atoms with van der Waals surface area (Å²) in [6.07, 6.45) is 0.0261. The van der Waals surface area contributed by atoms with Crippen LogP contribution in [0.3, 0.4) is 0 Å². The number of nitrogens with one attached hydrogen (secondary N) is 1. The van der Waals surface area contributed by atoms with Crippen molar-refractivity contribution in [2.75, 3.05) is 12.3 Å². The molecule has 0 aliphatic carbocycles. The third-order valence-electron chi connectivity index (χ3n) is 2.32. The zero-order valence-electron chi connectivity index (χ0n) is 9.41. The monoisotopic (exact) mass is 255 g/mol. The summed E-state index contributed by atoms with van der Waals surface area (Å²) in [6, 6.07) is 0. The fourth-order valence-electron chi connectivity index (χ4n) is 1.45. The first kappa shape index (κ1) is 12.5. The number of nitrogen functional groups attached to an aromatic ring is 1. The van der Waals surface area contributed by atoms with Gasteiger partial charge in [-0.25, -0.2) is 4.98 Å². The SMILES string of the molecule is Nc1nc(=O)c2[nH]cnc2n1COCCC(O)O. The molecule has 2 aromatic heterocycles. The summed E-state index contributed by atoms with van der Waals surface area (Å²) < 4.78 is 6.61. The van der Waals surface area contributed by atoms with Gasteiger partial charge in [-0.1, -0.05) is 0 Å². The molecule has 0 amide bonds. The highest BCUT2D eigenvalue weighted by atomic mass is 16.5. The Balaban J connectivity index is 2.17. The van der Waals surface area contributed by atoms with E-state index in [0.717, 1.165) is 0 Å². The Kier molecular flexibility index (Phi) is 3.55. The number of hydrogen-bond acceptors (Lipinski definition) is 7. The van der Waals surface area contributed by atoms with Gasteiger partial charge in [-0.15, -0.1) is 0 Å². The van der Waals surface area contributed by atoms with E-state index in [9.17, 15) is 4.79 Å². The molecule has 0 fully saturated rings. The molecular weight excluding hydrogens is 242 g/mol. The van der Waals surface area contributed by atoms with Crippen LogP contribution in [0, 0.1) is 0 Å². The van der Waals surface area contributed by atoms with Crippen LogP contribution < -0.4 is 11.3 Å². The number of hydrogen-bond donors (Lipinski definition) is 4. The third kappa shape index (κ3) is 2.47. The molecule has 0 saturated heterocycles. The Bertz CT molecular complexity index is 590. The molecule has 0 aliphatic rings. The predicted molar refractivity (Wildman–Crippen MR) is 61.4 cm³/mol. The molecule has 2 heterocycles. The van der Waals surface area contributed by atoms with Crippen molar-refractivity contribution in [2.24, 2.45) is 0 Å². The number of rotatable bonds is 5. The molecule has 2 rings (SSSR count). The number of nitrogens with two attached hydrogens (primary N) is 1. The van der Waals surface area contributed by atoms with Crippen LogP contribution in [0.1, 0.15) is 6.42 Å². The molecule has 0 spiro atoms. The Morgan fingerprint density at radius 2 is 2.33 bits per heavy atom. The molecule has 0 aromatic carbocycles. The van der Waals surface area contributed by atoms with E-state index in [1.165, 1.54) is 10.9 Å². The van der Waals surface area contributed by atoms with Crippen LogP contribution in [0.4, 0.5) is 5.95 Å². The average Bonchev–Trinajstić information content (AvgIpc) is 2.76. The minimum atomic E-state index is -1.42. The second kappa shape index (κ2) is 5.12. The largest absolute Gasteiger partial charge is 0.369 e. The van der Waals surface area contributed by atoms with Gasteiger partial charge in [-0.05, 0) is 0 Å². The summed E-state index contributed by atoms with van der Waals surface area (Å²) >= 11 is 0. The highest BCUT2D eigenvalue weighted by molar-refractivity contribution is 5.70. The number of imidazole rings is 1. The Labute approximate surface area is 101 Å². The highest BCUT2D eigenvalue weighted by Crippen LogP contribution is 2.08. The fraction of sp³-hybridized carbons (Fsp3) is 0.444. The minimum absolute atomic E-state index is 0.0100. The predicted octanol–water partition coefficient (Wildman–Crippen LogP) is -1.62. The third-order valence-corrected chi connectivity index (χ3v) is 2.32. The van der Waals surface area contributed by atoms with Gasteiger partial charge in [0, 0.05) is 6.42 Å². The zero-order chi connectivity index (χ0) is 13.1. The molecular formula is C9H13N5O4. The van der Waals surface area contributed by atoms with E-state index < -0.39 is 11.8 Å². The number of fused-ring (bicyclic) bond motifs is 1. The summed E-state index contributed by atoms with van der Waals surface area (Å²) in [5, 5.41) is 17.3. The van der Waals surface area contributed by atoms with Crippen LogP contribution in [-0.4, -0.2) is 42.6 Å². The van der Waals surface area contributed by atoms with Gasteiger partial charge in [0.25, 0.3) is 0 Å². The average molecular weight is 255 g/mol. The van der Waals surface area contributed by atoms with Gasteiger partial charge in [0.1, 0.15) is 6.73 Å². The van der Waals surface area contributed by atoms with E-state index in [1.807, 2.05) is 0 Å². The first-order chi connectivity index (χ1) is 8.59. The molecule has 9 nitrogen and oxygen atoms in total. The minimum Gasteiger partial charge on any atom is -0.369 e. The maximum absolute atomic E-state index is 11.4. The van der Waals surface area contributed by atoms with Gasteiger partial charge < -0.3 is 25.7 Å². The number of nitrogens with zero attached hydrogens (tertiary/aromatic N) is 3. The van der Waals surface area contributed by atoms with Crippen molar-refractivity contribution in [3.8, 4) is 0 Å². The Hall–Kier alpha value is -1.97. The van der Waals surface area contributed by atoms with Gasteiger partial charge in [-0.2, -0.15) is 4.98 Å². The topological polar surface area (TPSA) is 139 Å². The quantitative estimate of drug-likeness (QED) is 0.371. The number of H-pyrrole nitrogens is 1. The van der Waals surface area contributed by atoms with Crippen LogP contribution >= 0.6 is 0 Å². The van der Waals surface area contributed by atoms with E-state index in [1.54, 1.807) is 0 Å². The van der Waals surface area contributed by atoms with Gasteiger partial charge in [0.05, 0.1) is 12.9 Å². The van der Waals surface area contributed by atoms with E-state index in [0.29, 0.717) is 5.65 Å². The second-order valence-corrected chi connectivity index (χ2v) is 3.61. The summed E-state index contributed by atoms with van der Waals surface area (Å²) in [5.41, 5.74) is 5.71. The van der Waals surface area contributed by atoms with Crippen molar-refractivity contribution in [1.29, 1.82) is 0 Å². The van der Waals surface area contributed by atoms with Crippen LogP contribution in [0.2, 0.25) is 0 Å². The Morgan fingerprint density at radius 3 is 3.06 bits per heavy atom. The van der Waals surface area contributed by atoms with Crippen molar-refractivity contribution >= 4 is 17.1 Å². The number of aromatic amines is 1. The number of aromatic nitrogens is 4. The van der Waals surface area contributed by atoms with E-state index in [2.05, 4.69) is 15.0 Å². The molecule has 0 atom stereocenters. The molecule has 98 valence electrons. The van der Waals surface area contributed by atoms with Crippen molar-refractivity contribution in [3.63, 3.8) is 0 Å². The van der Waals surface area contributed by atoms with E-state index in [4.69, 9.17) is 20.7 Å². The molecule has 0 saturated carbocycles. The maximum Gasteiger partial charge on any atom is 0.300 e. The van der Waals surface area contributed by atoms with E-state index >= 15 is 0 Å². The maximum atomic E-state index is 11.4. The summed E-state index contributed by atoms with van der Waals surface area (Å²) in [6.45, 7) is 0.155. The highest BCUT2D eigenvalue weighted by Gasteiger charge is 2.10. The number of anilines is 1. The lowest BCUT2D eigenvalue weighted by Gasteiger charge is -2.10. The Morgan fingerprint density at radius 1 is 1.56 bits per heavy atom. The summed E-state index contributed by atoms with van der Waals surface area (Å²) in [5.74, 6) is -0.0100. The fourth-order valence-corrected chi connectivity index (χ4v) is 1.45. The van der Waals surface area contributed by atoms with Crippen LogP contribution in [0.15, 0.2) is 11.1 Å². The standard InChI is InChI=1S/C9H13N5O4/c10-9-13-8(17)6-7(12-3-11-6)14(9)4-18-2-1-5(15)16/h3,5,15-16H,1-2,4H2,(H,11,12)(H2,10,13,17). The molecule has 9 heteroatoms. The smallest absolute Gasteiger partial charge is 0.300 e. The molecule has 0 unspecified atom stereocenters. The molecule has 0 radical (unpaired) electrons. The lowest BCUT2D eigenvalue weighted by atomic mass is 10.4. The first-order valence-electron chi connectivity index (χ1n) is 5.23. The van der Waals surface area contributed by atoms with Crippen molar-refractivity contribution in [2.45, 2.75) is 19.4 Å². The van der Waals surface area contributed by atoms with Crippen molar-refractivity contribution < 1.29 is 14.9 Å². The molecule has 0 bridgehead atoms. The second-order valence-electron chi connectivity index (χ2n) is 3.61. The van der Waals surface area contributed by atoms with Gasteiger partial charge in [0.2, 0.25) is 5.95 Å². The molecule has 18 heavy (non-hydrogen) atoms. The van der Waals surface area contributed by atoms with Crippen molar-refractivity contribution in [3.05, 3.63) is 16.7 Å². The molecule has 5 N–H and O–H groups in total. The van der Waals surface area contributed by atoms with Crippen LogP contribution in [0.25, 0.3) is 11.2 Å². The summed E-state index contributed by atoms with van der Waals surface area (Å²) in [7, 11) is 0. The zero-order valence-corrected chi connectivity index (χ0v) is 9.41. The van der Waals surface area contributed by atoms with Crippen LogP contribution in [0.5, 0.6) is 0 Å². The number of aliphatic hydroxyl groups is 2. The number of aliphatic hydroxyl groups excluding tert-OH is 1. The normalized spacial score (nSPS) is 11.5. The lowest BCUT2D eigenvalue weighted by molar-refractivity contribution is -0.0661. The number of ether oxygens (including phenoxy) is 1. The van der Waals surface area contributed by atoms with Gasteiger partial charge in [-0.3, -0.25) is 9.36 Å². The lowest BCUT2D eigenvalue weighted by Crippen LogP contribution is -2.20. The summed E-state index contributed by atoms with van der Waals surface area (Å²) in [4.78, 5) is 21.7. The van der Waals surface area contributed by atoms with Gasteiger partial charge >= 0.3 is 5.56 Å². The van der Waals surface area contributed by atoms with Crippen molar-refractivity contribution in [1.82, 2.24) is 19.5 Å².